The average molecular weight is 255 g/mol. The van der Waals surface area contributed by atoms with E-state index in [0.29, 0.717) is 12.2 Å². The minimum absolute atomic E-state index is 0.106. The van der Waals surface area contributed by atoms with Crippen molar-refractivity contribution in [3.63, 3.8) is 0 Å². The Labute approximate surface area is 113 Å². The molecule has 1 aromatic carbocycles. The second kappa shape index (κ2) is 6.14. The SMILES string of the molecule is CCOc1ccc(C(=O)C(C)c2ccncc2)cc1. The van der Waals surface area contributed by atoms with Crippen LogP contribution in [0.2, 0.25) is 0 Å². The molecule has 1 aromatic heterocycles. The van der Waals surface area contributed by atoms with E-state index in [1.807, 2.05) is 50.2 Å². The van der Waals surface area contributed by atoms with Crippen LogP contribution in [-0.4, -0.2) is 17.4 Å². The van der Waals surface area contributed by atoms with Gasteiger partial charge in [-0.15, -0.1) is 0 Å². The number of aromatic nitrogens is 1. The number of hydrogen-bond acceptors (Lipinski definition) is 3. The van der Waals surface area contributed by atoms with E-state index in [1.54, 1.807) is 12.4 Å². The molecule has 2 rings (SSSR count). The Morgan fingerprint density at radius 1 is 1.16 bits per heavy atom. The van der Waals surface area contributed by atoms with Gasteiger partial charge in [0.1, 0.15) is 5.75 Å². The summed E-state index contributed by atoms with van der Waals surface area (Å²) in [6, 6.07) is 11.0. The predicted molar refractivity (Wildman–Crippen MR) is 74.6 cm³/mol. The summed E-state index contributed by atoms with van der Waals surface area (Å²) < 4.78 is 5.37. The number of Topliss-reactive ketones (excluding diaryl/α,β-unsaturated/α-hetero) is 1. The number of nitrogens with zero attached hydrogens (tertiary/aromatic N) is 1. The molecule has 0 saturated heterocycles. The van der Waals surface area contributed by atoms with Crippen LogP contribution in [0.25, 0.3) is 0 Å². The van der Waals surface area contributed by atoms with Crippen molar-refractivity contribution >= 4 is 5.78 Å². The first-order valence-corrected chi connectivity index (χ1v) is 6.39. The summed E-state index contributed by atoms with van der Waals surface area (Å²) in [6.45, 7) is 4.47. The lowest BCUT2D eigenvalue weighted by atomic mass is 9.93. The van der Waals surface area contributed by atoms with Crippen molar-refractivity contribution in [3.05, 3.63) is 59.9 Å². The number of ether oxygens (including phenoxy) is 1. The fourth-order valence-corrected chi connectivity index (χ4v) is 1.94. The first-order valence-electron chi connectivity index (χ1n) is 6.39. The Bertz CT molecular complexity index is 534. The van der Waals surface area contributed by atoms with Gasteiger partial charge in [-0.1, -0.05) is 6.92 Å². The first-order chi connectivity index (χ1) is 9.22. The van der Waals surface area contributed by atoms with E-state index in [-0.39, 0.29) is 11.7 Å². The van der Waals surface area contributed by atoms with E-state index in [4.69, 9.17) is 4.74 Å². The summed E-state index contributed by atoms with van der Waals surface area (Å²) in [4.78, 5) is 16.3. The maximum absolute atomic E-state index is 12.4. The highest BCUT2D eigenvalue weighted by molar-refractivity contribution is 6.00. The van der Waals surface area contributed by atoms with E-state index in [1.165, 1.54) is 0 Å². The van der Waals surface area contributed by atoms with Gasteiger partial charge in [0, 0.05) is 23.9 Å². The number of ketones is 1. The van der Waals surface area contributed by atoms with Gasteiger partial charge in [0.2, 0.25) is 0 Å². The Morgan fingerprint density at radius 2 is 1.79 bits per heavy atom. The van der Waals surface area contributed by atoms with Gasteiger partial charge in [-0.2, -0.15) is 0 Å². The van der Waals surface area contributed by atoms with Crippen LogP contribution in [0.3, 0.4) is 0 Å². The molecule has 0 fully saturated rings. The number of carbonyl (C=O) groups excluding carboxylic acids is 1. The molecule has 3 heteroatoms. The van der Waals surface area contributed by atoms with Crippen molar-refractivity contribution in [1.82, 2.24) is 4.98 Å². The van der Waals surface area contributed by atoms with Gasteiger partial charge < -0.3 is 4.74 Å². The molecule has 19 heavy (non-hydrogen) atoms. The van der Waals surface area contributed by atoms with Gasteiger partial charge in [-0.05, 0) is 48.9 Å². The van der Waals surface area contributed by atoms with Crippen LogP contribution in [0.15, 0.2) is 48.8 Å². The van der Waals surface area contributed by atoms with Crippen molar-refractivity contribution < 1.29 is 9.53 Å². The van der Waals surface area contributed by atoms with Gasteiger partial charge in [0.05, 0.1) is 6.61 Å². The van der Waals surface area contributed by atoms with Crippen molar-refractivity contribution in [2.45, 2.75) is 19.8 Å². The highest BCUT2D eigenvalue weighted by Gasteiger charge is 2.16. The second-order valence-electron chi connectivity index (χ2n) is 4.32. The Morgan fingerprint density at radius 3 is 2.37 bits per heavy atom. The predicted octanol–water partition coefficient (Wildman–Crippen LogP) is 3.47. The molecule has 0 bridgehead atoms. The normalized spacial score (nSPS) is 11.9. The van der Waals surface area contributed by atoms with Gasteiger partial charge in [0.25, 0.3) is 0 Å². The number of hydrogen-bond donors (Lipinski definition) is 0. The number of rotatable bonds is 5. The van der Waals surface area contributed by atoms with E-state index >= 15 is 0 Å². The first kappa shape index (κ1) is 13.3. The van der Waals surface area contributed by atoms with E-state index in [2.05, 4.69) is 4.98 Å². The van der Waals surface area contributed by atoms with E-state index in [9.17, 15) is 4.79 Å². The molecular weight excluding hydrogens is 238 g/mol. The molecule has 1 atom stereocenters. The Kier molecular flexibility index (Phi) is 4.29. The highest BCUT2D eigenvalue weighted by Crippen LogP contribution is 2.21. The summed E-state index contributed by atoms with van der Waals surface area (Å²) in [5.41, 5.74) is 1.68. The molecule has 2 aromatic rings. The highest BCUT2D eigenvalue weighted by atomic mass is 16.5. The minimum atomic E-state index is -0.166. The lowest BCUT2D eigenvalue weighted by Crippen LogP contribution is -2.09. The summed E-state index contributed by atoms with van der Waals surface area (Å²) >= 11 is 0. The molecule has 0 amide bonds. The Balaban J connectivity index is 2.15. The molecular formula is C16H17NO2. The molecule has 0 aliphatic heterocycles. The summed E-state index contributed by atoms with van der Waals surface area (Å²) in [5, 5.41) is 0. The smallest absolute Gasteiger partial charge is 0.170 e. The van der Waals surface area contributed by atoms with Crippen LogP contribution in [0.5, 0.6) is 5.75 Å². The van der Waals surface area contributed by atoms with Crippen LogP contribution in [-0.2, 0) is 0 Å². The lowest BCUT2D eigenvalue weighted by molar-refractivity contribution is 0.0966. The fourth-order valence-electron chi connectivity index (χ4n) is 1.94. The standard InChI is InChI=1S/C16H17NO2/c1-3-19-15-6-4-14(5-7-15)16(18)12(2)13-8-10-17-11-9-13/h4-12H,3H2,1-2H3. The number of carbonyl (C=O) groups is 1. The summed E-state index contributed by atoms with van der Waals surface area (Å²) in [5.74, 6) is 0.728. The molecule has 0 aliphatic rings. The van der Waals surface area contributed by atoms with Gasteiger partial charge in [-0.3, -0.25) is 9.78 Å². The van der Waals surface area contributed by atoms with Crippen molar-refractivity contribution in [3.8, 4) is 5.75 Å². The zero-order valence-electron chi connectivity index (χ0n) is 11.2. The molecule has 3 nitrogen and oxygen atoms in total. The Hall–Kier alpha value is -2.16. The van der Waals surface area contributed by atoms with Crippen LogP contribution in [0, 0.1) is 0 Å². The van der Waals surface area contributed by atoms with Crippen molar-refractivity contribution in [2.75, 3.05) is 6.61 Å². The monoisotopic (exact) mass is 255 g/mol. The second-order valence-corrected chi connectivity index (χ2v) is 4.32. The van der Waals surface area contributed by atoms with E-state index < -0.39 is 0 Å². The average Bonchev–Trinajstić information content (AvgIpc) is 2.48. The third-order valence-corrected chi connectivity index (χ3v) is 3.05. The maximum Gasteiger partial charge on any atom is 0.170 e. The molecule has 98 valence electrons. The number of pyridine rings is 1. The number of benzene rings is 1. The largest absolute Gasteiger partial charge is 0.494 e. The van der Waals surface area contributed by atoms with Crippen molar-refractivity contribution in [2.24, 2.45) is 0 Å². The topological polar surface area (TPSA) is 39.2 Å². The van der Waals surface area contributed by atoms with Gasteiger partial charge in [-0.25, -0.2) is 0 Å². The molecule has 1 heterocycles. The quantitative estimate of drug-likeness (QED) is 0.768. The third kappa shape index (κ3) is 3.19. The third-order valence-electron chi connectivity index (χ3n) is 3.05. The van der Waals surface area contributed by atoms with Gasteiger partial charge in [0.15, 0.2) is 5.78 Å². The molecule has 0 spiro atoms. The minimum Gasteiger partial charge on any atom is -0.494 e. The maximum atomic E-state index is 12.4. The van der Waals surface area contributed by atoms with E-state index in [0.717, 1.165) is 11.3 Å². The molecule has 0 N–H and O–H groups in total. The van der Waals surface area contributed by atoms with Crippen LogP contribution < -0.4 is 4.74 Å². The van der Waals surface area contributed by atoms with Crippen LogP contribution in [0.4, 0.5) is 0 Å². The fraction of sp³-hybridized carbons (Fsp3) is 0.250. The summed E-state index contributed by atoms with van der Waals surface area (Å²) in [7, 11) is 0. The zero-order chi connectivity index (χ0) is 13.7. The molecule has 0 radical (unpaired) electrons. The summed E-state index contributed by atoms with van der Waals surface area (Å²) in [6.07, 6.45) is 3.41. The zero-order valence-corrected chi connectivity index (χ0v) is 11.2. The molecule has 0 aliphatic carbocycles. The van der Waals surface area contributed by atoms with Crippen LogP contribution >= 0.6 is 0 Å². The van der Waals surface area contributed by atoms with Crippen LogP contribution in [0.1, 0.15) is 35.7 Å². The lowest BCUT2D eigenvalue weighted by Gasteiger charge is -2.11. The van der Waals surface area contributed by atoms with Gasteiger partial charge >= 0.3 is 0 Å². The molecule has 1 unspecified atom stereocenters. The van der Waals surface area contributed by atoms with Crippen molar-refractivity contribution in [1.29, 1.82) is 0 Å². The molecule has 0 saturated carbocycles.